The van der Waals surface area contributed by atoms with E-state index in [-0.39, 0.29) is 6.42 Å². The minimum absolute atomic E-state index is 0.187. The fourth-order valence-corrected chi connectivity index (χ4v) is 0.656. The second-order valence-electron chi connectivity index (χ2n) is 2.29. The number of aliphatic hydroxyl groups is 1. The Bertz CT molecular complexity index is 99.0. The van der Waals surface area contributed by atoms with Crippen LogP contribution in [-0.4, -0.2) is 22.3 Å². The van der Waals surface area contributed by atoms with Crippen molar-refractivity contribution < 1.29 is 15.0 Å². The van der Waals surface area contributed by atoms with Gasteiger partial charge in [-0.2, -0.15) is 0 Å². The first-order valence-electron chi connectivity index (χ1n) is 3.36. The van der Waals surface area contributed by atoms with E-state index >= 15 is 0 Å². The summed E-state index contributed by atoms with van der Waals surface area (Å²) in [6.45, 7) is 3.36. The van der Waals surface area contributed by atoms with Gasteiger partial charge in [-0.15, -0.1) is 0 Å². The molecular weight excluding hydrogens is 132 g/mol. The minimum atomic E-state index is -0.779. The monoisotopic (exact) mass is 145 g/mol. The summed E-state index contributed by atoms with van der Waals surface area (Å²) in [5.41, 5.74) is 0. The van der Waals surface area contributed by atoms with Gasteiger partial charge < -0.3 is 10.2 Å². The average Bonchev–Trinajstić information content (AvgIpc) is 1.79. The molecular formula is C7H13O3. The van der Waals surface area contributed by atoms with Crippen molar-refractivity contribution in [1.82, 2.24) is 0 Å². The lowest BCUT2D eigenvalue weighted by molar-refractivity contribution is -0.137. The molecule has 0 aliphatic rings. The maximum absolute atomic E-state index is 9.97. The zero-order valence-electron chi connectivity index (χ0n) is 5.92. The molecule has 0 spiro atoms. The summed E-state index contributed by atoms with van der Waals surface area (Å²) in [7, 11) is 0. The van der Waals surface area contributed by atoms with Gasteiger partial charge in [0.15, 0.2) is 0 Å². The van der Waals surface area contributed by atoms with Gasteiger partial charge in [0, 0.05) is 6.42 Å². The average molecular weight is 145 g/mol. The highest BCUT2D eigenvalue weighted by Crippen LogP contribution is 2.02. The third-order valence-electron chi connectivity index (χ3n) is 1.18. The zero-order chi connectivity index (χ0) is 7.98. The van der Waals surface area contributed by atoms with Crippen LogP contribution in [0.3, 0.4) is 0 Å². The van der Waals surface area contributed by atoms with Crippen molar-refractivity contribution in [2.45, 2.75) is 31.8 Å². The largest absolute Gasteiger partial charge is 0.481 e. The molecule has 10 heavy (non-hydrogen) atoms. The molecule has 0 bridgehead atoms. The number of carboxylic acid groups (broad SMARTS) is 1. The Balaban J connectivity index is 2.98. The van der Waals surface area contributed by atoms with Gasteiger partial charge in [0.05, 0.1) is 6.10 Å². The zero-order valence-corrected chi connectivity index (χ0v) is 5.92. The lowest BCUT2D eigenvalue weighted by Crippen LogP contribution is -2.00. The van der Waals surface area contributed by atoms with Crippen LogP contribution in [0.2, 0.25) is 0 Å². The third-order valence-corrected chi connectivity index (χ3v) is 1.18. The minimum Gasteiger partial charge on any atom is -0.481 e. The molecule has 0 aromatic carbocycles. The Morgan fingerprint density at radius 3 is 2.50 bits per heavy atom. The predicted molar refractivity (Wildman–Crippen MR) is 37.5 cm³/mol. The number of rotatable bonds is 5. The SMILES string of the molecule is [CH2]C(O)CCCCC(=O)O. The number of hydrogen-bond acceptors (Lipinski definition) is 2. The molecule has 2 N–H and O–H groups in total. The molecule has 59 valence electrons. The first-order valence-corrected chi connectivity index (χ1v) is 3.36. The molecule has 0 amide bonds. The van der Waals surface area contributed by atoms with E-state index in [0.29, 0.717) is 12.8 Å². The van der Waals surface area contributed by atoms with Crippen LogP contribution in [0, 0.1) is 6.92 Å². The van der Waals surface area contributed by atoms with Crippen molar-refractivity contribution in [3.63, 3.8) is 0 Å². The van der Waals surface area contributed by atoms with Crippen LogP contribution in [-0.2, 0) is 4.79 Å². The number of carboxylic acids is 1. The first-order chi connectivity index (χ1) is 4.63. The fourth-order valence-electron chi connectivity index (χ4n) is 0.656. The Labute approximate surface area is 60.7 Å². The number of carbonyl (C=O) groups is 1. The van der Waals surface area contributed by atoms with E-state index in [1.807, 2.05) is 0 Å². The molecule has 0 aromatic heterocycles. The van der Waals surface area contributed by atoms with Crippen LogP contribution in [0.15, 0.2) is 0 Å². The van der Waals surface area contributed by atoms with E-state index in [0.717, 1.165) is 6.42 Å². The second kappa shape index (κ2) is 5.23. The van der Waals surface area contributed by atoms with Crippen LogP contribution in [0.1, 0.15) is 25.7 Å². The van der Waals surface area contributed by atoms with E-state index < -0.39 is 12.1 Å². The molecule has 0 heterocycles. The van der Waals surface area contributed by atoms with Crippen molar-refractivity contribution in [1.29, 1.82) is 0 Å². The van der Waals surface area contributed by atoms with Crippen LogP contribution >= 0.6 is 0 Å². The molecule has 1 unspecified atom stereocenters. The maximum atomic E-state index is 9.97. The summed E-state index contributed by atoms with van der Waals surface area (Å²) in [5, 5.41) is 16.9. The van der Waals surface area contributed by atoms with Crippen LogP contribution in [0.4, 0.5) is 0 Å². The highest BCUT2D eigenvalue weighted by atomic mass is 16.4. The quantitative estimate of drug-likeness (QED) is 0.563. The smallest absolute Gasteiger partial charge is 0.303 e. The molecule has 3 nitrogen and oxygen atoms in total. The topological polar surface area (TPSA) is 57.5 Å². The molecule has 0 rings (SSSR count). The van der Waals surface area contributed by atoms with Gasteiger partial charge in [0.1, 0.15) is 0 Å². The molecule has 0 fully saturated rings. The van der Waals surface area contributed by atoms with Gasteiger partial charge in [-0.1, -0.05) is 6.42 Å². The Morgan fingerprint density at radius 2 is 2.10 bits per heavy atom. The van der Waals surface area contributed by atoms with Crippen molar-refractivity contribution in [3.8, 4) is 0 Å². The number of unbranched alkanes of at least 4 members (excludes halogenated alkanes) is 1. The molecule has 0 saturated carbocycles. The number of aliphatic carboxylic acids is 1. The summed E-state index contributed by atoms with van der Waals surface area (Å²) in [5.74, 6) is -0.779. The van der Waals surface area contributed by atoms with E-state index in [1.54, 1.807) is 0 Å². The van der Waals surface area contributed by atoms with E-state index in [1.165, 1.54) is 0 Å². The van der Waals surface area contributed by atoms with Crippen molar-refractivity contribution in [2.24, 2.45) is 0 Å². The van der Waals surface area contributed by atoms with Gasteiger partial charge in [0.25, 0.3) is 0 Å². The highest BCUT2D eigenvalue weighted by molar-refractivity contribution is 5.66. The lowest BCUT2D eigenvalue weighted by Gasteiger charge is -2.00. The van der Waals surface area contributed by atoms with Gasteiger partial charge in [-0.3, -0.25) is 4.79 Å². The summed E-state index contributed by atoms with van der Waals surface area (Å²) in [6, 6.07) is 0. The van der Waals surface area contributed by atoms with Crippen LogP contribution in [0.25, 0.3) is 0 Å². The molecule has 3 heteroatoms. The number of aliphatic hydroxyl groups excluding tert-OH is 1. The molecule has 1 atom stereocenters. The van der Waals surface area contributed by atoms with Gasteiger partial charge in [0.2, 0.25) is 0 Å². The highest BCUT2D eigenvalue weighted by Gasteiger charge is 1.98. The van der Waals surface area contributed by atoms with Gasteiger partial charge >= 0.3 is 5.97 Å². The number of hydrogen-bond donors (Lipinski definition) is 2. The molecule has 0 aliphatic carbocycles. The van der Waals surface area contributed by atoms with Crippen LogP contribution in [0.5, 0.6) is 0 Å². The summed E-state index contributed by atoms with van der Waals surface area (Å²) in [4.78, 5) is 9.97. The molecule has 0 aromatic rings. The van der Waals surface area contributed by atoms with Crippen molar-refractivity contribution >= 4 is 5.97 Å². The standard InChI is InChI=1S/C7H13O3/c1-6(8)4-2-3-5-7(9)10/h6,8H,1-5H2,(H,9,10). The van der Waals surface area contributed by atoms with Gasteiger partial charge in [-0.25, -0.2) is 0 Å². The van der Waals surface area contributed by atoms with Gasteiger partial charge in [-0.05, 0) is 19.8 Å². The van der Waals surface area contributed by atoms with Crippen LogP contribution < -0.4 is 0 Å². The molecule has 0 aliphatic heterocycles. The summed E-state index contributed by atoms with van der Waals surface area (Å²) < 4.78 is 0. The van der Waals surface area contributed by atoms with Crippen molar-refractivity contribution in [2.75, 3.05) is 0 Å². The predicted octanol–water partition coefficient (Wildman–Crippen LogP) is 0.826. The Hall–Kier alpha value is -0.570. The Morgan fingerprint density at radius 1 is 1.50 bits per heavy atom. The molecule has 0 saturated heterocycles. The first kappa shape index (κ1) is 9.43. The second-order valence-corrected chi connectivity index (χ2v) is 2.29. The van der Waals surface area contributed by atoms with E-state index in [4.69, 9.17) is 10.2 Å². The summed E-state index contributed by atoms with van der Waals surface area (Å²) >= 11 is 0. The maximum Gasteiger partial charge on any atom is 0.303 e. The Kier molecular flexibility index (Phi) is 4.94. The fraction of sp³-hybridized carbons (Fsp3) is 0.714. The normalized spacial score (nSPS) is 13.0. The van der Waals surface area contributed by atoms with Crippen molar-refractivity contribution in [3.05, 3.63) is 6.92 Å². The van der Waals surface area contributed by atoms with E-state index in [2.05, 4.69) is 6.92 Å². The summed E-state index contributed by atoms with van der Waals surface area (Å²) in [6.07, 6.45) is 1.59. The lowest BCUT2D eigenvalue weighted by atomic mass is 10.1. The third kappa shape index (κ3) is 7.43. The van der Waals surface area contributed by atoms with E-state index in [9.17, 15) is 4.79 Å². The molecule has 1 radical (unpaired) electrons.